The molecule has 0 spiro atoms. The van der Waals surface area contributed by atoms with Gasteiger partial charge < -0.3 is 10.1 Å². The number of aryl methyl sites for hydroxylation is 1. The molecule has 0 radical (unpaired) electrons. The summed E-state index contributed by atoms with van der Waals surface area (Å²) in [4.78, 5) is 13.0. The lowest BCUT2D eigenvalue weighted by molar-refractivity contribution is 0.220. The molecule has 2 aromatic heterocycles. The highest BCUT2D eigenvalue weighted by molar-refractivity contribution is 5.37. The van der Waals surface area contributed by atoms with Crippen LogP contribution < -0.4 is 10.1 Å². The number of pyridine rings is 1. The van der Waals surface area contributed by atoms with Crippen LogP contribution in [0.2, 0.25) is 0 Å². The lowest BCUT2D eigenvalue weighted by atomic mass is 9.78. The van der Waals surface area contributed by atoms with E-state index in [9.17, 15) is 0 Å². The summed E-state index contributed by atoms with van der Waals surface area (Å²) in [6.07, 6.45) is 6.37. The zero-order chi connectivity index (χ0) is 18.4. The smallest absolute Gasteiger partial charge is 0.232 e. The summed E-state index contributed by atoms with van der Waals surface area (Å²) in [5, 5.41) is 3.32. The molecular formula is C20H30N4O. The summed E-state index contributed by atoms with van der Waals surface area (Å²) < 4.78 is 5.79. The van der Waals surface area contributed by atoms with E-state index >= 15 is 0 Å². The van der Waals surface area contributed by atoms with Crippen molar-refractivity contribution in [2.75, 3.05) is 11.9 Å². The van der Waals surface area contributed by atoms with Gasteiger partial charge in [0.05, 0.1) is 18.5 Å². The van der Waals surface area contributed by atoms with Crippen LogP contribution in [-0.2, 0) is 5.41 Å². The first kappa shape index (κ1) is 19.2. The second-order valence-electron chi connectivity index (χ2n) is 7.73. The second-order valence-corrected chi connectivity index (χ2v) is 7.73. The van der Waals surface area contributed by atoms with Crippen LogP contribution in [0, 0.1) is 12.8 Å². The normalized spacial score (nSPS) is 12.9. The molecule has 1 N–H and O–H groups in total. The topological polar surface area (TPSA) is 59.9 Å². The van der Waals surface area contributed by atoms with Crippen molar-refractivity contribution < 1.29 is 4.74 Å². The Morgan fingerprint density at radius 2 is 1.88 bits per heavy atom. The van der Waals surface area contributed by atoms with E-state index in [1.807, 2.05) is 13.1 Å². The van der Waals surface area contributed by atoms with Gasteiger partial charge in [-0.25, -0.2) is 9.97 Å². The molecule has 25 heavy (non-hydrogen) atoms. The third-order valence-electron chi connectivity index (χ3n) is 4.09. The Kier molecular flexibility index (Phi) is 6.34. The lowest BCUT2D eigenvalue weighted by Crippen LogP contribution is -2.24. The highest BCUT2D eigenvalue weighted by Crippen LogP contribution is 2.30. The molecule has 0 saturated heterocycles. The van der Waals surface area contributed by atoms with Gasteiger partial charge in [0.15, 0.2) is 0 Å². The predicted molar refractivity (Wildman–Crippen MR) is 102 cm³/mol. The van der Waals surface area contributed by atoms with Crippen LogP contribution in [0.3, 0.4) is 0 Å². The molecule has 0 bridgehead atoms. The molecule has 5 heteroatoms. The number of nitrogens with zero attached hydrogens (tertiary/aromatic N) is 3. The van der Waals surface area contributed by atoms with E-state index in [1.54, 1.807) is 12.4 Å². The standard InChI is InChI=1S/C20H30N4O/c1-14(2)23-18-8-7-17(11-22-18)20(5,6)9-15(3)13-25-19-12-21-10-16(4)24-19/h7-8,10-12,14-15H,9,13H2,1-6H3,(H,22,23). The third-order valence-corrected chi connectivity index (χ3v) is 4.09. The fraction of sp³-hybridized carbons (Fsp3) is 0.550. The first-order valence-corrected chi connectivity index (χ1v) is 8.91. The molecule has 1 atom stereocenters. The molecule has 0 amide bonds. The van der Waals surface area contributed by atoms with Gasteiger partial charge in [-0.2, -0.15) is 0 Å². The van der Waals surface area contributed by atoms with E-state index in [-0.39, 0.29) is 5.41 Å². The van der Waals surface area contributed by atoms with Crippen molar-refractivity contribution >= 4 is 5.82 Å². The van der Waals surface area contributed by atoms with E-state index in [0.29, 0.717) is 24.4 Å². The molecule has 2 heterocycles. The fourth-order valence-electron chi connectivity index (χ4n) is 2.96. The van der Waals surface area contributed by atoms with E-state index < -0.39 is 0 Å². The Morgan fingerprint density at radius 1 is 1.12 bits per heavy atom. The van der Waals surface area contributed by atoms with Gasteiger partial charge >= 0.3 is 0 Å². The average molecular weight is 342 g/mol. The van der Waals surface area contributed by atoms with Crippen molar-refractivity contribution in [3.63, 3.8) is 0 Å². The van der Waals surface area contributed by atoms with Crippen LogP contribution in [0.4, 0.5) is 5.82 Å². The van der Waals surface area contributed by atoms with Gasteiger partial charge in [-0.15, -0.1) is 0 Å². The van der Waals surface area contributed by atoms with Crippen molar-refractivity contribution in [3.8, 4) is 5.88 Å². The maximum Gasteiger partial charge on any atom is 0.232 e. The molecular weight excluding hydrogens is 312 g/mol. The number of anilines is 1. The van der Waals surface area contributed by atoms with Gasteiger partial charge in [0.25, 0.3) is 0 Å². The van der Waals surface area contributed by atoms with Crippen molar-refractivity contribution in [2.45, 2.75) is 59.4 Å². The summed E-state index contributed by atoms with van der Waals surface area (Å²) in [6.45, 7) is 13.5. The highest BCUT2D eigenvalue weighted by Gasteiger charge is 2.24. The predicted octanol–water partition coefficient (Wildman–Crippen LogP) is 4.38. The number of rotatable bonds is 8. The van der Waals surface area contributed by atoms with Gasteiger partial charge in [0, 0.05) is 18.4 Å². The quantitative estimate of drug-likeness (QED) is 0.771. The molecule has 0 aliphatic rings. The zero-order valence-electron chi connectivity index (χ0n) is 16.2. The highest BCUT2D eigenvalue weighted by atomic mass is 16.5. The number of aromatic nitrogens is 3. The van der Waals surface area contributed by atoms with Crippen molar-refractivity contribution in [3.05, 3.63) is 42.0 Å². The zero-order valence-corrected chi connectivity index (χ0v) is 16.2. The van der Waals surface area contributed by atoms with Crippen LogP contribution in [0.15, 0.2) is 30.7 Å². The van der Waals surface area contributed by atoms with Crippen LogP contribution in [0.1, 0.15) is 52.3 Å². The second kappa shape index (κ2) is 8.28. The summed E-state index contributed by atoms with van der Waals surface area (Å²) in [5.41, 5.74) is 2.14. The van der Waals surface area contributed by atoms with E-state index in [4.69, 9.17) is 4.74 Å². The molecule has 0 fully saturated rings. The molecule has 0 saturated carbocycles. The molecule has 0 aromatic carbocycles. The Labute approximate surface area is 151 Å². The minimum absolute atomic E-state index is 0.0322. The first-order chi connectivity index (χ1) is 11.8. The Hall–Kier alpha value is -2.17. The van der Waals surface area contributed by atoms with Crippen LogP contribution in [0.25, 0.3) is 0 Å². The Balaban J connectivity index is 1.92. The van der Waals surface area contributed by atoms with E-state index in [0.717, 1.165) is 17.9 Å². The average Bonchev–Trinajstić information content (AvgIpc) is 2.52. The molecule has 2 rings (SSSR count). The van der Waals surface area contributed by atoms with E-state index in [1.165, 1.54) is 5.56 Å². The molecule has 0 aliphatic carbocycles. The van der Waals surface area contributed by atoms with Gasteiger partial charge in [0.2, 0.25) is 5.88 Å². The van der Waals surface area contributed by atoms with Crippen LogP contribution in [-0.4, -0.2) is 27.6 Å². The number of ether oxygens (including phenoxy) is 1. The monoisotopic (exact) mass is 342 g/mol. The summed E-state index contributed by atoms with van der Waals surface area (Å²) in [6, 6.07) is 4.60. The number of hydrogen-bond donors (Lipinski definition) is 1. The van der Waals surface area contributed by atoms with Crippen molar-refractivity contribution in [1.82, 2.24) is 15.0 Å². The SMILES string of the molecule is Cc1cncc(OCC(C)CC(C)(C)c2ccc(NC(C)C)nc2)n1. The van der Waals surface area contributed by atoms with E-state index in [2.05, 4.69) is 67.0 Å². The number of nitrogens with one attached hydrogen (secondary N) is 1. The molecule has 5 nitrogen and oxygen atoms in total. The summed E-state index contributed by atoms with van der Waals surface area (Å²) >= 11 is 0. The Morgan fingerprint density at radius 3 is 2.48 bits per heavy atom. The Bertz CT molecular complexity index is 668. The molecule has 0 aliphatic heterocycles. The molecule has 1 unspecified atom stereocenters. The largest absolute Gasteiger partial charge is 0.476 e. The minimum atomic E-state index is 0.0322. The third kappa shape index (κ3) is 6.00. The maximum atomic E-state index is 5.79. The first-order valence-electron chi connectivity index (χ1n) is 8.91. The summed E-state index contributed by atoms with van der Waals surface area (Å²) in [7, 11) is 0. The van der Waals surface area contributed by atoms with Crippen molar-refractivity contribution in [1.29, 1.82) is 0 Å². The molecule has 136 valence electrons. The minimum Gasteiger partial charge on any atom is -0.476 e. The van der Waals surface area contributed by atoms with Crippen molar-refractivity contribution in [2.24, 2.45) is 5.92 Å². The van der Waals surface area contributed by atoms with Gasteiger partial charge in [-0.3, -0.25) is 4.98 Å². The van der Waals surface area contributed by atoms with Crippen LogP contribution >= 0.6 is 0 Å². The maximum absolute atomic E-state index is 5.79. The fourth-order valence-corrected chi connectivity index (χ4v) is 2.96. The molecule has 2 aromatic rings. The number of hydrogen-bond acceptors (Lipinski definition) is 5. The lowest BCUT2D eigenvalue weighted by Gasteiger charge is -2.28. The van der Waals surface area contributed by atoms with Crippen LogP contribution in [0.5, 0.6) is 5.88 Å². The van der Waals surface area contributed by atoms with Gasteiger partial charge in [0.1, 0.15) is 5.82 Å². The van der Waals surface area contributed by atoms with Gasteiger partial charge in [-0.1, -0.05) is 26.8 Å². The van der Waals surface area contributed by atoms with Gasteiger partial charge in [-0.05, 0) is 50.2 Å². The summed E-state index contributed by atoms with van der Waals surface area (Å²) in [5.74, 6) is 1.91.